The Bertz CT molecular complexity index is 659. The highest BCUT2D eigenvalue weighted by atomic mass is 32.1. The Kier molecular flexibility index (Phi) is 6.27. The highest BCUT2D eigenvalue weighted by Crippen LogP contribution is 2.47. The van der Waals surface area contributed by atoms with Crippen molar-refractivity contribution in [3.8, 4) is 5.75 Å². The van der Waals surface area contributed by atoms with Gasteiger partial charge in [0.25, 0.3) is 0 Å². The fraction of sp³-hybridized carbons (Fsp3) is 0.632. The van der Waals surface area contributed by atoms with Crippen LogP contribution in [-0.2, 0) is 15.6 Å². The lowest BCUT2D eigenvalue weighted by Gasteiger charge is -2.31. The standard InChI is InChI=1S/C19H30N2O3S2/c1-18(2,3)12-14(22)13(19(4,5)6)16(26)11(15(12)25)17(23)24-9-10-20-7-8-21-10/h10,20-22,25-26H,7-9H2,1-6H3. The Balaban J connectivity index is 2.55. The van der Waals surface area contributed by atoms with Gasteiger partial charge in [0.2, 0.25) is 0 Å². The molecule has 0 aromatic heterocycles. The molecular formula is C19H30N2O3S2. The minimum Gasteiger partial charge on any atom is -0.507 e. The largest absolute Gasteiger partial charge is 0.507 e. The number of rotatable bonds is 3. The molecule has 1 aromatic rings. The van der Waals surface area contributed by atoms with Crippen LogP contribution in [0.2, 0.25) is 0 Å². The number of nitrogens with one attached hydrogen (secondary N) is 2. The van der Waals surface area contributed by atoms with E-state index in [2.05, 4.69) is 35.9 Å². The molecule has 5 nitrogen and oxygen atoms in total. The van der Waals surface area contributed by atoms with Crippen molar-refractivity contribution in [2.75, 3.05) is 19.7 Å². The van der Waals surface area contributed by atoms with Gasteiger partial charge in [0.1, 0.15) is 12.4 Å². The van der Waals surface area contributed by atoms with Crippen molar-refractivity contribution in [2.45, 2.75) is 68.3 Å². The van der Waals surface area contributed by atoms with E-state index in [4.69, 9.17) is 4.74 Å². The molecule has 0 unspecified atom stereocenters. The van der Waals surface area contributed by atoms with Crippen molar-refractivity contribution in [3.63, 3.8) is 0 Å². The highest BCUT2D eigenvalue weighted by Gasteiger charge is 2.34. The fourth-order valence-electron chi connectivity index (χ4n) is 3.24. The maximum absolute atomic E-state index is 12.9. The summed E-state index contributed by atoms with van der Waals surface area (Å²) < 4.78 is 5.51. The van der Waals surface area contributed by atoms with Crippen molar-refractivity contribution < 1.29 is 14.6 Å². The molecule has 3 N–H and O–H groups in total. The van der Waals surface area contributed by atoms with Gasteiger partial charge < -0.3 is 9.84 Å². The summed E-state index contributed by atoms with van der Waals surface area (Å²) in [6, 6.07) is 0. The number of ether oxygens (including phenoxy) is 1. The van der Waals surface area contributed by atoms with E-state index >= 15 is 0 Å². The first-order chi connectivity index (χ1) is 11.9. The van der Waals surface area contributed by atoms with E-state index in [1.807, 2.05) is 41.5 Å². The monoisotopic (exact) mass is 398 g/mol. The van der Waals surface area contributed by atoms with Crippen LogP contribution in [0, 0.1) is 0 Å². The van der Waals surface area contributed by atoms with Crippen molar-refractivity contribution >= 4 is 31.2 Å². The molecule has 1 heterocycles. The molecule has 1 aliphatic heterocycles. The summed E-state index contributed by atoms with van der Waals surface area (Å²) in [6.07, 6.45) is -0.0491. The van der Waals surface area contributed by atoms with Gasteiger partial charge >= 0.3 is 5.97 Å². The molecular weight excluding hydrogens is 368 g/mol. The Labute approximate surface area is 167 Å². The minimum absolute atomic E-state index is 0.0491. The molecule has 1 aliphatic rings. The second kappa shape index (κ2) is 7.62. The normalized spacial score (nSPS) is 16.2. The number of phenols is 1. The van der Waals surface area contributed by atoms with Gasteiger partial charge in [-0.05, 0) is 10.8 Å². The molecule has 146 valence electrons. The average molecular weight is 399 g/mol. The molecule has 0 spiro atoms. The lowest BCUT2D eigenvalue weighted by Crippen LogP contribution is -2.36. The zero-order valence-electron chi connectivity index (χ0n) is 16.4. The second-order valence-corrected chi connectivity index (χ2v) is 9.62. The number of carbonyl (C=O) groups is 1. The van der Waals surface area contributed by atoms with Crippen LogP contribution in [0.25, 0.3) is 0 Å². The van der Waals surface area contributed by atoms with Crippen LogP contribution < -0.4 is 10.6 Å². The number of esters is 1. The molecule has 1 fully saturated rings. The Hall–Kier alpha value is -0.890. The van der Waals surface area contributed by atoms with Gasteiger partial charge in [-0.3, -0.25) is 10.6 Å². The Morgan fingerprint density at radius 2 is 1.46 bits per heavy atom. The molecule has 0 atom stereocenters. The van der Waals surface area contributed by atoms with Gasteiger partial charge in [0.05, 0.1) is 11.7 Å². The van der Waals surface area contributed by atoms with Gasteiger partial charge in [-0.1, -0.05) is 41.5 Å². The zero-order valence-corrected chi connectivity index (χ0v) is 18.1. The van der Waals surface area contributed by atoms with Crippen LogP contribution in [0.1, 0.15) is 63.0 Å². The molecule has 0 aliphatic carbocycles. The number of hydrogen-bond acceptors (Lipinski definition) is 7. The molecule has 0 radical (unpaired) electrons. The molecule has 1 saturated heterocycles. The highest BCUT2D eigenvalue weighted by molar-refractivity contribution is 7.81. The summed E-state index contributed by atoms with van der Waals surface area (Å²) in [7, 11) is 0. The average Bonchev–Trinajstić information content (AvgIpc) is 2.94. The van der Waals surface area contributed by atoms with Crippen LogP contribution in [0.15, 0.2) is 9.79 Å². The van der Waals surface area contributed by atoms with Gasteiger partial charge in [-0.2, -0.15) is 0 Å². The SMILES string of the molecule is CC(C)(C)c1c(O)c(C(C)(C)C)c(S)c(C(=O)OCC2NCCN2)c1S. The van der Waals surface area contributed by atoms with Gasteiger partial charge in [0.15, 0.2) is 0 Å². The first-order valence-electron chi connectivity index (χ1n) is 8.81. The molecule has 0 bridgehead atoms. The maximum Gasteiger partial charge on any atom is 0.340 e. The quantitative estimate of drug-likeness (QED) is 0.399. The van der Waals surface area contributed by atoms with Crippen LogP contribution >= 0.6 is 25.3 Å². The first kappa shape index (κ1) is 21.4. The minimum atomic E-state index is -0.480. The second-order valence-electron chi connectivity index (χ2n) is 8.73. The van der Waals surface area contributed by atoms with Gasteiger partial charge in [-0.25, -0.2) is 4.79 Å². The third kappa shape index (κ3) is 4.32. The zero-order chi connectivity index (χ0) is 19.9. The van der Waals surface area contributed by atoms with Gasteiger partial charge in [-0.15, -0.1) is 25.3 Å². The van der Waals surface area contributed by atoms with Crippen molar-refractivity contribution in [3.05, 3.63) is 16.7 Å². The van der Waals surface area contributed by atoms with E-state index in [0.29, 0.717) is 26.5 Å². The van der Waals surface area contributed by atoms with E-state index in [0.717, 1.165) is 13.1 Å². The lowest BCUT2D eigenvalue weighted by atomic mass is 9.78. The maximum atomic E-state index is 12.9. The summed E-state index contributed by atoms with van der Waals surface area (Å²) in [6.45, 7) is 13.8. The molecule has 0 amide bonds. The Morgan fingerprint density at radius 3 is 1.85 bits per heavy atom. The van der Waals surface area contributed by atoms with Crippen molar-refractivity contribution in [1.82, 2.24) is 10.6 Å². The first-order valence-corrected chi connectivity index (χ1v) is 9.70. The van der Waals surface area contributed by atoms with E-state index in [9.17, 15) is 9.90 Å². The van der Waals surface area contributed by atoms with E-state index < -0.39 is 16.8 Å². The third-order valence-corrected chi connectivity index (χ3v) is 5.31. The van der Waals surface area contributed by atoms with E-state index in [1.54, 1.807) is 0 Å². The number of benzene rings is 1. The summed E-state index contributed by atoms with van der Waals surface area (Å²) >= 11 is 9.18. The topological polar surface area (TPSA) is 70.6 Å². The molecule has 1 aromatic carbocycles. The fourth-order valence-corrected chi connectivity index (χ4v) is 4.62. The summed E-state index contributed by atoms with van der Waals surface area (Å²) in [5, 5.41) is 17.4. The number of phenolic OH excluding ortho intramolecular Hbond substituents is 1. The van der Waals surface area contributed by atoms with Gasteiger partial charge in [0, 0.05) is 34.0 Å². The van der Waals surface area contributed by atoms with Crippen LogP contribution in [-0.4, -0.2) is 36.9 Å². The lowest BCUT2D eigenvalue weighted by molar-refractivity contribution is 0.0454. The smallest absolute Gasteiger partial charge is 0.340 e. The predicted molar refractivity (Wildman–Crippen MR) is 110 cm³/mol. The molecule has 26 heavy (non-hydrogen) atoms. The number of carbonyl (C=O) groups excluding carboxylic acids is 1. The summed E-state index contributed by atoms with van der Waals surface area (Å²) in [5.74, 6) is -0.331. The molecule has 2 rings (SSSR count). The number of thiol groups is 2. The van der Waals surface area contributed by atoms with Crippen molar-refractivity contribution in [1.29, 1.82) is 0 Å². The van der Waals surface area contributed by atoms with E-state index in [-0.39, 0.29) is 18.5 Å². The number of aromatic hydroxyl groups is 1. The van der Waals surface area contributed by atoms with Crippen molar-refractivity contribution in [2.24, 2.45) is 0 Å². The Morgan fingerprint density at radius 1 is 1.04 bits per heavy atom. The predicted octanol–water partition coefficient (Wildman–Crippen LogP) is 3.24. The van der Waals surface area contributed by atoms with E-state index in [1.165, 1.54) is 0 Å². The molecule has 7 heteroatoms. The third-order valence-electron chi connectivity index (χ3n) is 4.41. The summed E-state index contributed by atoms with van der Waals surface area (Å²) in [5.41, 5.74) is 0.779. The van der Waals surface area contributed by atoms with Crippen LogP contribution in [0.3, 0.4) is 0 Å². The summed E-state index contributed by atoms with van der Waals surface area (Å²) in [4.78, 5) is 13.7. The molecule has 0 saturated carbocycles. The number of hydrogen-bond donors (Lipinski definition) is 5. The van der Waals surface area contributed by atoms with Crippen LogP contribution in [0.5, 0.6) is 5.75 Å². The van der Waals surface area contributed by atoms with Crippen LogP contribution in [0.4, 0.5) is 0 Å².